The van der Waals surface area contributed by atoms with Crippen molar-refractivity contribution < 1.29 is 0 Å². The average Bonchev–Trinajstić information content (AvgIpc) is 2.41. The Labute approximate surface area is 120 Å². The summed E-state index contributed by atoms with van der Waals surface area (Å²) in [7, 11) is 0. The van der Waals surface area contributed by atoms with E-state index in [2.05, 4.69) is 26.0 Å². The highest BCUT2D eigenvalue weighted by molar-refractivity contribution is 6.17. The number of benzene rings is 2. The molecule has 0 amide bonds. The summed E-state index contributed by atoms with van der Waals surface area (Å²) in [6.45, 7) is 4.13. The highest BCUT2D eigenvalue weighted by atomic mass is 35.5. The van der Waals surface area contributed by atoms with E-state index in [1.165, 1.54) is 22.3 Å². The van der Waals surface area contributed by atoms with Crippen LogP contribution in [0.15, 0.2) is 48.5 Å². The predicted octanol–water partition coefficient (Wildman–Crippen LogP) is 5.47. The van der Waals surface area contributed by atoms with E-state index < -0.39 is 0 Å². The minimum Gasteiger partial charge on any atom is -0.122 e. The second-order valence-electron chi connectivity index (χ2n) is 4.12. The van der Waals surface area contributed by atoms with E-state index in [0.29, 0.717) is 11.8 Å². The van der Waals surface area contributed by atoms with Gasteiger partial charge in [-0.1, -0.05) is 48.5 Å². The first-order valence-corrected chi connectivity index (χ1v) is 6.97. The van der Waals surface area contributed by atoms with Gasteiger partial charge in [0, 0.05) is 11.8 Å². The fourth-order valence-corrected chi connectivity index (χ4v) is 2.12. The van der Waals surface area contributed by atoms with Gasteiger partial charge in [-0.05, 0) is 36.1 Å². The molecule has 0 saturated carbocycles. The van der Waals surface area contributed by atoms with Crippen molar-refractivity contribution in [2.24, 2.45) is 0 Å². The van der Waals surface area contributed by atoms with Gasteiger partial charge in [0.1, 0.15) is 0 Å². The Kier molecular flexibility index (Phi) is 6.85. The van der Waals surface area contributed by atoms with E-state index in [9.17, 15) is 0 Å². The van der Waals surface area contributed by atoms with Crippen LogP contribution in [0.3, 0.4) is 0 Å². The van der Waals surface area contributed by atoms with Crippen molar-refractivity contribution in [1.29, 1.82) is 0 Å². The lowest BCUT2D eigenvalue weighted by molar-refractivity contribution is 1.30. The first kappa shape index (κ1) is 15.1. The van der Waals surface area contributed by atoms with Crippen LogP contribution >= 0.6 is 23.2 Å². The van der Waals surface area contributed by atoms with E-state index in [0.717, 1.165) is 0 Å². The molecule has 0 fully saturated rings. The van der Waals surface area contributed by atoms with Crippen LogP contribution < -0.4 is 0 Å². The molecule has 2 rings (SSSR count). The van der Waals surface area contributed by atoms with Gasteiger partial charge in [0.15, 0.2) is 0 Å². The third-order valence-corrected chi connectivity index (χ3v) is 3.39. The van der Waals surface area contributed by atoms with E-state index in [1.54, 1.807) is 0 Å². The smallest absolute Gasteiger partial charge is 0.0476 e. The molecule has 0 unspecified atom stereocenters. The second-order valence-corrected chi connectivity index (χ2v) is 4.65. The lowest BCUT2D eigenvalue weighted by atomic mass is 10.1. The Balaban J connectivity index is 0.000000180. The number of hydrogen-bond donors (Lipinski definition) is 0. The Morgan fingerprint density at radius 3 is 1.22 bits per heavy atom. The third-order valence-electron chi connectivity index (χ3n) is 2.81. The lowest BCUT2D eigenvalue weighted by Gasteiger charge is -1.97. The van der Waals surface area contributed by atoms with Gasteiger partial charge in [-0.25, -0.2) is 0 Å². The number of aryl methyl sites for hydroxylation is 2. The van der Waals surface area contributed by atoms with Gasteiger partial charge in [-0.3, -0.25) is 0 Å². The minimum atomic E-state index is 0.618. The minimum absolute atomic E-state index is 0.618. The molecule has 0 spiro atoms. The largest absolute Gasteiger partial charge is 0.122 e. The van der Waals surface area contributed by atoms with Gasteiger partial charge < -0.3 is 0 Å². The zero-order valence-electron chi connectivity index (χ0n) is 10.8. The van der Waals surface area contributed by atoms with Crippen LogP contribution in [0.2, 0.25) is 0 Å². The van der Waals surface area contributed by atoms with Crippen molar-refractivity contribution in [1.82, 2.24) is 0 Å². The number of hydrogen-bond acceptors (Lipinski definition) is 0. The van der Waals surface area contributed by atoms with E-state index >= 15 is 0 Å². The number of halogens is 2. The summed E-state index contributed by atoms with van der Waals surface area (Å²) in [5.41, 5.74) is 4.98. The molecule has 0 aliphatic heterocycles. The van der Waals surface area contributed by atoms with E-state index in [-0.39, 0.29) is 0 Å². The van der Waals surface area contributed by atoms with Crippen molar-refractivity contribution >= 4 is 23.2 Å². The molecule has 0 N–H and O–H groups in total. The van der Waals surface area contributed by atoms with Crippen molar-refractivity contribution in [2.75, 3.05) is 0 Å². The summed E-state index contributed by atoms with van der Waals surface area (Å²) < 4.78 is 0. The third kappa shape index (κ3) is 4.72. The van der Waals surface area contributed by atoms with Crippen LogP contribution in [0, 0.1) is 13.8 Å². The molecule has 0 nitrogen and oxygen atoms in total. The standard InChI is InChI=1S/2C8H9Cl/c2*1-7-4-2-3-5-8(7)6-9/h2*2-5H,6H2,1H3. The molecule has 0 saturated heterocycles. The Morgan fingerprint density at radius 1 is 0.667 bits per heavy atom. The molecule has 0 heterocycles. The molecular formula is C16H18Cl2. The molecule has 96 valence electrons. The van der Waals surface area contributed by atoms with Crippen LogP contribution in [0.4, 0.5) is 0 Å². The zero-order chi connectivity index (χ0) is 13.4. The summed E-state index contributed by atoms with van der Waals surface area (Å²) in [5.74, 6) is 1.24. The van der Waals surface area contributed by atoms with E-state index in [1.807, 2.05) is 36.4 Å². The predicted molar refractivity (Wildman–Crippen MR) is 81.5 cm³/mol. The van der Waals surface area contributed by atoms with E-state index in [4.69, 9.17) is 23.2 Å². The normalized spacial score (nSPS) is 9.56. The maximum atomic E-state index is 5.63. The van der Waals surface area contributed by atoms with Crippen LogP contribution in [0.5, 0.6) is 0 Å². The first-order valence-electron chi connectivity index (χ1n) is 5.90. The average molecular weight is 281 g/mol. The summed E-state index contributed by atoms with van der Waals surface area (Å²) in [4.78, 5) is 0. The van der Waals surface area contributed by atoms with Gasteiger partial charge in [0.05, 0.1) is 0 Å². The Morgan fingerprint density at radius 2 is 1.00 bits per heavy atom. The van der Waals surface area contributed by atoms with Crippen LogP contribution in [-0.2, 0) is 11.8 Å². The highest BCUT2D eigenvalue weighted by Crippen LogP contribution is 2.09. The number of rotatable bonds is 2. The Hall–Kier alpha value is -0.980. The quantitative estimate of drug-likeness (QED) is 0.640. The fraction of sp³-hybridized carbons (Fsp3) is 0.250. The highest BCUT2D eigenvalue weighted by Gasteiger charge is 1.91. The SMILES string of the molecule is Cc1ccccc1CCl.Cc1ccccc1CCl. The topological polar surface area (TPSA) is 0 Å². The van der Waals surface area contributed by atoms with Gasteiger partial charge in [0.2, 0.25) is 0 Å². The van der Waals surface area contributed by atoms with Crippen molar-refractivity contribution in [3.8, 4) is 0 Å². The lowest BCUT2D eigenvalue weighted by Crippen LogP contribution is -1.80. The van der Waals surface area contributed by atoms with Crippen LogP contribution in [0.1, 0.15) is 22.3 Å². The molecule has 18 heavy (non-hydrogen) atoms. The maximum Gasteiger partial charge on any atom is 0.0476 e. The summed E-state index contributed by atoms with van der Waals surface area (Å²) in [6, 6.07) is 16.3. The monoisotopic (exact) mass is 280 g/mol. The molecule has 0 aliphatic carbocycles. The Bertz CT molecular complexity index is 433. The van der Waals surface area contributed by atoms with Crippen molar-refractivity contribution in [2.45, 2.75) is 25.6 Å². The first-order chi connectivity index (χ1) is 8.69. The summed E-state index contributed by atoms with van der Waals surface area (Å²) >= 11 is 11.3. The van der Waals surface area contributed by atoms with Gasteiger partial charge in [-0.15, -0.1) is 23.2 Å². The summed E-state index contributed by atoms with van der Waals surface area (Å²) in [5, 5.41) is 0. The van der Waals surface area contributed by atoms with Gasteiger partial charge in [0.25, 0.3) is 0 Å². The summed E-state index contributed by atoms with van der Waals surface area (Å²) in [6.07, 6.45) is 0. The molecule has 0 aliphatic rings. The van der Waals surface area contributed by atoms with Crippen LogP contribution in [-0.4, -0.2) is 0 Å². The van der Waals surface area contributed by atoms with Gasteiger partial charge in [-0.2, -0.15) is 0 Å². The molecule has 2 aromatic rings. The molecule has 0 bridgehead atoms. The molecule has 2 heteroatoms. The zero-order valence-corrected chi connectivity index (χ0v) is 12.3. The second kappa shape index (κ2) is 8.18. The number of alkyl halides is 2. The van der Waals surface area contributed by atoms with Crippen molar-refractivity contribution in [3.05, 3.63) is 70.8 Å². The maximum absolute atomic E-state index is 5.63. The van der Waals surface area contributed by atoms with Crippen LogP contribution in [0.25, 0.3) is 0 Å². The van der Waals surface area contributed by atoms with Crippen molar-refractivity contribution in [3.63, 3.8) is 0 Å². The molecule has 0 atom stereocenters. The van der Waals surface area contributed by atoms with Gasteiger partial charge >= 0.3 is 0 Å². The fourth-order valence-electron chi connectivity index (χ4n) is 1.52. The molecular weight excluding hydrogens is 263 g/mol. The molecule has 0 aromatic heterocycles. The molecule has 2 aromatic carbocycles. The molecule has 0 radical (unpaired) electrons.